The van der Waals surface area contributed by atoms with Crippen LogP contribution in [0, 0.1) is 11.3 Å². The average molecular weight is 247 g/mol. The van der Waals surface area contributed by atoms with E-state index in [9.17, 15) is 4.79 Å². The van der Waals surface area contributed by atoms with Crippen LogP contribution in [-0.4, -0.2) is 12.5 Å². The number of rotatable bonds is 7. The summed E-state index contributed by atoms with van der Waals surface area (Å²) < 4.78 is 5.08. The summed E-state index contributed by atoms with van der Waals surface area (Å²) in [6.07, 6.45) is 5.05. The maximum atomic E-state index is 11.6. The zero-order valence-electron chi connectivity index (χ0n) is 10.4. The van der Waals surface area contributed by atoms with E-state index in [2.05, 4.69) is 17.6 Å². The fraction of sp³-hybridized carbons (Fsp3) is 0.385. The lowest BCUT2D eigenvalue weighted by molar-refractivity contribution is -0.117. The van der Waals surface area contributed by atoms with E-state index >= 15 is 0 Å². The number of carbonyl (C=O) groups excluding carboxylic acids is 1. The zero-order chi connectivity index (χ0) is 13.2. The van der Waals surface area contributed by atoms with Gasteiger partial charge in [0.1, 0.15) is 17.4 Å². The fourth-order valence-electron chi connectivity index (χ4n) is 1.28. The highest BCUT2D eigenvalue weighted by Gasteiger charge is 2.08. The number of unbranched alkanes of at least 4 members (excludes halogenated alkanes) is 1. The Hall–Kier alpha value is -2.22. The number of nitrogens with one attached hydrogen (secondary N) is 2. The van der Waals surface area contributed by atoms with E-state index in [1.165, 1.54) is 12.5 Å². The van der Waals surface area contributed by atoms with Crippen molar-refractivity contribution in [2.45, 2.75) is 26.3 Å². The van der Waals surface area contributed by atoms with Crippen molar-refractivity contribution < 1.29 is 9.21 Å². The SMILES string of the molecule is CCCCN/C=C(/C#N)C(=O)NCc1ccco1. The number of carbonyl (C=O) groups is 1. The second-order valence-corrected chi connectivity index (χ2v) is 3.74. The van der Waals surface area contributed by atoms with Crippen LogP contribution in [0.1, 0.15) is 25.5 Å². The Labute approximate surface area is 106 Å². The largest absolute Gasteiger partial charge is 0.467 e. The Kier molecular flexibility index (Phi) is 6.12. The molecule has 0 aromatic carbocycles. The van der Waals surface area contributed by atoms with Crippen LogP contribution in [-0.2, 0) is 11.3 Å². The summed E-state index contributed by atoms with van der Waals surface area (Å²) in [6, 6.07) is 5.37. The summed E-state index contributed by atoms with van der Waals surface area (Å²) in [7, 11) is 0. The monoisotopic (exact) mass is 247 g/mol. The molecule has 1 aromatic heterocycles. The van der Waals surface area contributed by atoms with Gasteiger partial charge in [-0.15, -0.1) is 0 Å². The van der Waals surface area contributed by atoms with Gasteiger partial charge in [-0.1, -0.05) is 13.3 Å². The molecule has 1 amide bonds. The molecule has 1 rings (SSSR count). The first-order valence-corrected chi connectivity index (χ1v) is 5.92. The average Bonchev–Trinajstić information content (AvgIpc) is 2.89. The van der Waals surface area contributed by atoms with Crippen LogP contribution >= 0.6 is 0 Å². The van der Waals surface area contributed by atoms with Crippen LogP contribution in [0.4, 0.5) is 0 Å². The molecule has 5 heteroatoms. The van der Waals surface area contributed by atoms with Crippen molar-refractivity contribution in [1.82, 2.24) is 10.6 Å². The molecular weight excluding hydrogens is 230 g/mol. The van der Waals surface area contributed by atoms with Crippen LogP contribution in [0.15, 0.2) is 34.6 Å². The minimum absolute atomic E-state index is 0.0673. The fourth-order valence-corrected chi connectivity index (χ4v) is 1.28. The molecule has 5 nitrogen and oxygen atoms in total. The maximum Gasteiger partial charge on any atom is 0.263 e. The number of amides is 1. The predicted molar refractivity (Wildman–Crippen MR) is 67.2 cm³/mol. The van der Waals surface area contributed by atoms with E-state index in [1.807, 2.05) is 6.07 Å². The molecule has 2 N–H and O–H groups in total. The highest BCUT2D eigenvalue weighted by molar-refractivity contribution is 5.96. The standard InChI is InChI=1S/C13H17N3O2/c1-2-3-6-15-9-11(8-14)13(17)16-10-12-5-4-7-18-12/h4-5,7,9,15H,2-3,6,10H2,1H3,(H,16,17)/b11-9-. The van der Waals surface area contributed by atoms with E-state index in [4.69, 9.17) is 9.68 Å². The smallest absolute Gasteiger partial charge is 0.263 e. The minimum Gasteiger partial charge on any atom is -0.467 e. The molecule has 0 spiro atoms. The van der Waals surface area contributed by atoms with Gasteiger partial charge < -0.3 is 15.1 Å². The van der Waals surface area contributed by atoms with Gasteiger partial charge in [0.05, 0.1) is 12.8 Å². The van der Waals surface area contributed by atoms with Gasteiger partial charge in [0, 0.05) is 12.7 Å². The lowest BCUT2D eigenvalue weighted by Gasteiger charge is -2.03. The van der Waals surface area contributed by atoms with Gasteiger partial charge in [0.2, 0.25) is 0 Å². The maximum absolute atomic E-state index is 11.6. The first kappa shape index (κ1) is 13.8. The van der Waals surface area contributed by atoms with Crippen LogP contribution in [0.5, 0.6) is 0 Å². The summed E-state index contributed by atoms with van der Waals surface area (Å²) >= 11 is 0. The Morgan fingerprint density at radius 2 is 2.44 bits per heavy atom. The van der Waals surface area contributed by atoms with Crippen LogP contribution in [0.3, 0.4) is 0 Å². The van der Waals surface area contributed by atoms with Crippen molar-refractivity contribution >= 4 is 5.91 Å². The molecular formula is C13H17N3O2. The molecule has 1 aromatic rings. The Morgan fingerprint density at radius 3 is 3.06 bits per heavy atom. The minimum atomic E-state index is -0.405. The molecule has 0 bridgehead atoms. The second kappa shape index (κ2) is 7.96. The lowest BCUT2D eigenvalue weighted by Crippen LogP contribution is -2.25. The summed E-state index contributed by atoms with van der Waals surface area (Å²) in [5.41, 5.74) is 0.0673. The van der Waals surface area contributed by atoms with E-state index < -0.39 is 5.91 Å². The molecule has 0 unspecified atom stereocenters. The van der Waals surface area contributed by atoms with Gasteiger partial charge in [-0.25, -0.2) is 0 Å². The van der Waals surface area contributed by atoms with E-state index in [-0.39, 0.29) is 12.1 Å². The summed E-state index contributed by atoms with van der Waals surface area (Å²) in [4.78, 5) is 11.6. The molecule has 0 aliphatic carbocycles. The first-order valence-electron chi connectivity index (χ1n) is 5.92. The van der Waals surface area contributed by atoms with E-state index in [0.29, 0.717) is 5.76 Å². The second-order valence-electron chi connectivity index (χ2n) is 3.74. The number of nitrogens with zero attached hydrogens (tertiary/aromatic N) is 1. The Morgan fingerprint density at radius 1 is 1.61 bits per heavy atom. The highest BCUT2D eigenvalue weighted by Crippen LogP contribution is 1.99. The van der Waals surface area contributed by atoms with Crippen molar-refractivity contribution in [3.63, 3.8) is 0 Å². The molecule has 0 aliphatic rings. The summed E-state index contributed by atoms with van der Waals surface area (Å²) in [5.74, 6) is 0.248. The summed E-state index contributed by atoms with van der Waals surface area (Å²) in [6.45, 7) is 3.11. The number of hydrogen-bond donors (Lipinski definition) is 2. The zero-order valence-corrected chi connectivity index (χ0v) is 10.4. The van der Waals surface area contributed by atoms with E-state index in [0.717, 1.165) is 19.4 Å². The number of nitriles is 1. The molecule has 0 fully saturated rings. The Bertz CT molecular complexity index is 430. The third-order valence-corrected chi connectivity index (χ3v) is 2.29. The number of hydrogen-bond acceptors (Lipinski definition) is 4. The Balaban J connectivity index is 2.39. The quantitative estimate of drug-likeness (QED) is 0.436. The van der Waals surface area contributed by atoms with Gasteiger partial charge >= 0.3 is 0 Å². The predicted octanol–water partition coefficient (Wildman–Crippen LogP) is 1.69. The van der Waals surface area contributed by atoms with Crippen molar-refractivity contribution in [2.24, 2.45) is 0 Å². The van der Waals surface area contributed by atoms with Crippen molar-refractivity contribution in [1.29, 1.82) is 5.26 Å². The number of furan rings is 1. The van der Waals surface area contributed by atoms with Gasteiger partial charge in [-0.05, 0) is 18.6 Å². The molecule has 96 valence electrons. The lowest BCUT2D eigenvalue weighted by atomic mass is 10.3. The molecule has 0 atom stereocenters. The van der Waals surface area contributed by atoms with Crippen LogP contribution in [0.25, 0.3) is 0 Å². The molecule has 0 saturated heterocycles. The molecule has 18 heavy (non-hydrogen) atoms. The third kappa shape index (κ3) is 4.74. The van der Waals surface area contributed by atoms with Gasteiger partial charge in [0.25, 0.3) is 5.91 Å². The molecule has 0 aliphatic heterocycles. The summed E-state index contributed by atoms with van der Waals surface area (Å²) in [5, 5.41) is 14.4. The van der Waals surface area contributed by atoms with Crippen molar-refractivity contribution in [3.05, 3.63) is 35.9 Å². The third-order valence-electron chi connectivity index (χ3n) is 2.29. The molecule has 0 saturated carbocycles. The first-order chi connectivity index (χ1) is 8.77. The van der Waals surface area contributed by atoms with Gasteiger partial charge in [0.15, 0.2) is 0 Å². The van der Waals surface area contributed by atoms with Gasteiger partial charge in [-0.2, -0.15) is 5.26 Å². The van der Waals surface area contributed by atoms with Crippen molar-refractivity contribution in [2.75, 3.05) is 6.54 Å². The highest BCUT2D eigenvalue weighted by atomic mass is 16.3. The normalized spacial score (nSPS) is 10.8. The van der Waals surface area contributed by atoms with Crippen LogP contribution in [0.2, 0.25) is 0 Å². The topological polar surface area (TPSA) is 78.1 Å². The van der Waals surface area contributed by atoms with Gasteiger partial charge in [-0.3, -0.25) is 4.79 Å². The molecule has 1 heterocycles. The molecule has 0 radical (unpaired) electrons. The van der Waals surface area contributed by atoms with Crippen molar-refractivity contribution in [3.8, 4) is 6.07 Å². The van der Waals surface area contributed by atoms with Crippen LogP contribution < -0.4 is 10.6 Å². The van der Waals surface area contributed by atoms with E-state index in [1.54, 1.807) is 12.1 Å².